The number of nitrogens with two attached hydrogens (primary N) is 1. The molecule has 0 saturated heterocycles. The van der Waals surface area contributed by atoms with Crippen molar-refractivity contribution >= 4 is 54.9 Å². The fourth-order valence-electron chi connectivity index (χ4n) is 3.81. The second-order valence-corrected chi connectivity index (χ2v) is 6.80. The molecule has 0 amide bonds. The molecule has 7 nitrogen and oxygen atoms in total. The van der Waals surface area contributed by atoms with Crippen LogP contribution in [0.25, 0.3) is 54.9 Å². The molecule has 3 N–H and O–H groups in total. The summed E-state index contributed by atoms with van der Waals surface area (Å²) < 4.78 is 0. The number of hydrogen-bond acceptors (Lipinski definition) is 6. The van der Waals surface area contributed by atoms with Crippen molar-refractivity contribution in [2.45, 2.75) is 6.42 Å². The number of hydrogen-bond donors (Lipinski definition) is 2. The first-order chi connectivity index (χ1) is 13.8. The quantitative estimate of drug-likeness (QED) is 0.360. The van der Waals surface area contributed by atoms with Gasteiger partial charge in [-0.3, -0.25) is 9.97 Å². The molecule has 0 saturated carbocycles. The highest BCUT2D eigenvalue weighted by Crippen LogP contribution is 2.32. The molecule has 0 spiro atoms. The molecule has 0 radical (unpaired) electrons. The van der Waals surface area contributed by atoms with Crippen molar-refractivity contribution in [3.8, 4) is 0 Å². The summed E-state index contributed by atoms with van der Waals surface area (Å²) in [7, 11) is 0. The first-order valence-corrected chi connectivity index (χ1v) is 9.13. The zero-order chi connectivity index (χ0) is 18.7. The maximum atomic E-state index is 5.66. The van der Waals surface area contributed by atoms with E-state index in [4.69, 9.17) is 15.7 Å². The Labute approximate surface area is 158 Å². The first kappa shape index (κ1) is 15.4. The minimum absolute atomic E-state index is 0.553. The average molecular weight is 365 g/mol. The highest BCUT2D eigenvalue weighted by molar-refractivity contribution is 6.21. The molecule has 0 fully saturated rings. The Morgan fingerprint density at radius 1 is 0.750 bits per heavy atom. The van der Waals surface area contributed by atoms with Crippen molar-refractivity contribution in [3.05, 3.63) is 54.6 Å². The Balaban J connectivity index is 1.79. The summed E-state index contributed by atoms with van der Waals surface area (Å²) in [4.78, 5) is 27.0. The maximum Gasteiger partial charge on any atom is 0.108 e. The number of aromatic amines is 1. The van der Waals surface area contributed by atoms with Crippen LogP contribution in [0.1, 0.15) is 5.82 Å². The number of H-pyrrole nitrogens is 1. The van der Waals surface area contributed by atoms with E-state index in [2.05, 4.69) is 19.9 Å². The molecule has 0 aliphatic heterocycles. The van der Waals surface area contributed by atoms with Gasteiger partial charge in [0.2, 0.25) is 0 Å². The van der Waals surface area contributed by atoms with Crippen LogP contribution < -0.4 is 5.73 Å². The summed E-state index contributed by atoms with van der Waals surface area (Å²) in [6.07, 6.45) is 4.27. The second kappa shape index (κ2) is 5.64. The SMILES string of the molecule is NCCc1nc2cc3nc4c5cccnc5c5ncccc5c4nc3cc2[nH]1. The molecule has 0 unspecified atom stereocenters. The molecule has 4 aromatic heterocycles. The lowest BCUT2D eigenvalue weighted by atomic mass is 10.1. The molecule has 0 aliphatic rings. The van der Waals surface area contributed by atoms with E-state index in [1.165, 1.54) is 0 Å². The average Bonchev–Trinajstić information content (AvgIpc) is 3.12. The number of fused-ring (bicyclic) bond motifs is 8. The van der Waals surface area contributed by atoms with E-state index in [0.29, 0.717) is 13.0 Å². The van der Waals surface area contributed by atoms with Gasteiger partial charge in [0.25, 0.3) is 0 Å². The van der Waals surface area contributed by atoms with Crippen molar-refractivity contribution in [3.63, 3.8) is 0 Å². The Morgan fingerprint density at radius 2 is 1.39 bits per heavy atom. The number of pyridine rings is 2. The molecular weight excluding hydrogens is 350 g/mol. The molecule has 0 bridgehead atoms. The Morgan fingerprint density at radius 3 is 2.04 bits per heavy atom. The van der Waals surface area contributed by atoms with Gasteiger partial charge in [0, 0.05) is 29.6 Å². The summed E-state index contributed by atoms with van der Waals surface area (Å²) in [6.45, 7) is 0.553. The minimum atomic E-state index is 0.553. The Bertz CT molecular complexity index is 1420. The van der Waals surface area contributed by atoms with Crippen LogP contribution in [0.15, 0.2) is 48.8 Å². The molecule has 7 heteroatoms. The summed E-state index contributed by atoms with van der Waals surface area (Å²) >= 11 is 0. The third-order valence-electron chi connectivity index (χ3n) is 5.05. The number of aromatic nitrogens is 6. The van der Waals surface area contributed by atoms with Crippen LogP contribution in [-0.2, 0) is 6.42 Å². The van der Waals surface area contributed by atoms with Crippen LogP contribution >= 0.6 is 0 Å². The van der Waals surface area contributed by atoms with Crippen LogP contribution in [0.2, 0.25) is 0 Å². The monoisotopic (exact) mass is 365 g/mol. The van der Waals surface area contributed by atoms with Gasteiger partial charge in [0.1, 0.15) is 5.82 Å². The van der Waals surface area contributed by atoms with Crippen molar-refractivity contribution in [1.82, 2.24) is 29.9 Å². The van der Waals surface area contributed by atoms with Crippen molar-refractivity contribution in [1.29, 1.82) is 0 Å². The van der Waals surface area contributed by atoms with Gasteiger partial charge >= 0.3 is 0 Å². The van der Waals surface area contributed by atoms with E-state index in [9.17, 15) is 0 Å². The van der Waals surface area contributed by atoms with Crippen LogP contribution in [-0.4, -0.2) is 36.4 Å². The van der Waals surface area contributed by atoms with E-state index >= 15 is 0 Å². The lowest BCUT2D eigenvalue weighted by Crippen LogP contribution is -2.03. The highest BCUT2D eigenvalue weighted by atomic mass is 14.9. The number of nitrogens with zero attached hydrogens (tertiary/aromatic N) is 5. The molecule has 134 valence electrons. The molecule has 6 rings (SSSR count). The van der Waals surface area contributed by atoms with E-state index in [0.717, 1.165) is 60.7 Å². The lowest BCUT2D eigenvalue weighted by Gasteiger charge is -2.08. The first-order valence-electron chi connectivity index (χ1n) is 9.13. The van der Waals surface area contributed by atoms with Crippen LogP contribution in [0.5, 0.6) is 0 Å². The molecular formula is C21H15N7. The second-order valence-electron chi connectivity index (χ2n) is 6.80. The smallest absolute Gasteiger partial charge is 0.108 e. The summed E-state index contributed by atoms with van der Waals surface area (Å²) in [6, 6.07) is 11.8. The molecule has 0 atom stereocenters. The Hall–Kier alpha value is -3.71. The predicted octanol–water partition coefficient (Wildman–Crippen LogP) is 3.26. The molecule has 6 aromatic rings. The highest BCUT2D eigenvalue weighted by Gasteiger charge is 2.14. The summed E-state index contributed by atoms with van der Waals surface area (Å²) in [5, 5.41) is 1.90. The largest absolute Gasteiger partial charge is 0.342 e. The van der Waals surface area contributed by atoms with E-state index in [1.807, 2.05) is 36.4 Å². The lowest BCUT2D eigenvalue weighted by molar-refractivity contribution is 0.900. The third kappa shape index (κ3) is 2.10. The van der Waals surface area contributed by atoms with Crippen LogP contribution in [0, 0.1) is 0 Å². The van der Waals surface area contributed by atoms with Gasteiger partial charge in [-0.2, -0.15) is 0 Å². The third-order valence-corrected chi connectivity index (χ3v) is 5.05. The standard InChI is InChI=1S/C21H15N7/c22-6-5-17-25-13-9-15-16(10-14(13)26-17)28-21-12-4-2-8-24-19(12)18-11(20(21)27-15)3-1-7-23-18/h1-4,7-10H,5-6,22H2,(H,25,26). The zero-order valence-electron chi connectivity index (χ0n) is 14.8. The van der Waals surface area contributed by atoms with Gasteiger partial charge in [-0.05, 0) is 42.9 Å². The van der Waals surface area contributed by atoms with Crippen LogP contribution in [0.3, 0.4) is 0 Å². The molecule has 28 heavy (non-hydrogen) atoms. The van der Waals surface area contributed by atoms with Crippen molar-refractivity contribution in [2.24, 2.45) is 5.73 Å². The van der Waals surface area contributed by atoms with E-state index < -0.39 is 0 Å². The summed E-state index contributed by atoms with van der Waals surface area (Å²) in [5.74, 6) is 0.877. The van der Waals surface area contributed by atoms with Gasteiger partial charge in [0.15, 0.2) is 0 Å². The topological polar surface area (TPSA) is 106 Å². The maximum absolute atomic E-state index is 5.66. The van der Waals surface area contributed by atoms with Gasteiger partial charge in [-0.15, -0.1) is 0 Å². The number of rotatable bonds is 2. The predicted molar refractivity (Wildman–Crippen MR) is 110 cm³/mol. The van der Waals surface area contributed by atoms with E-state index in [1.54, 1.807) is 12.4 Å². The zero-order valence-corrected chi connectivity index (χ0v) is 14.8. The van der Waals surface area contributed by atoms with Crippen molar-refractivity contribution in [2.75, 3.05) is 6.54 Å². The molecule has 0 aliphatic carbocycles. The fourth-order valence-corrected chi connectivity index (χ4v) is 3.81. The molecule has 2 aromatic carbocycles. The van der Waals surface area contributed by atoms with Gasteiger partial charge < -0.3 is 10.7 Å². The van der Waals surface area contributed by atoms with Crippen LogP contribution in [0.4, 0.5) is 0 Å². The fraction of sp³-hybridized carbons (Fsp3) is 0.0952. The summed E-state index contributed by atoms with van der Waals surface area (Å²) in [5.41, 5.74) is 12.4. The van der Waals surface area contributed by atoms with Gasteiger partial charge in [-0.25, -0.2) is 15.0 Å². The number of benzene rings is 2. The molecule has 4 heterocycles. The Kier molecular flexibility index (Phi) is 3.09. The van der Waals surface area contributed by atoms with Gasteiger partial charge in [-0.1, -0.05) is 0 Å². The van der Waals surface area contributed by atoms with Crippen molar-refractivity contribution < 1.29 is 0 Å². The number of imidazole rings is 1. The van der Waals surface area contributed by atoms with Gasteiger partial charge in [0.05, 0.1) is 44.1 Å². The minimum Gasteiger partial charge on any atom is -0.342 e. The van der Waals surface area contributed by atoms with E-state index in [-0.39, 0.29) is 0 Å². The normalized spacial score (nSPS) is 12.0. The number of nitrogens with one attached hydrogen (secondary N) is 1.